The molecule has 312 valence electrons. The van der Waals surface area contributed by atoms with Crippen LogP contribution in [-0.4, -0.2) is 11.4 Å². The number of hydrogen-bond donors (Lipinski definition) is 0. The molecule has 0 N–H and O–H groups in total. The summed E-state index contributed by atoms with van der Waals surface area (Å²) in [5.41, 5.74) is 14.1. The number of benzene rings is 2. The molecule has 2 rings (SSSR count). The number of unbranched alkanes of at least 4 members (excludes halogenated alkanes) is 18. The monoisotopic (exact) mass is 755 g/mol. The molecule has 55 heavy (non-hydrogen) atoms. The molecule has 2 aromatic carbocycles. The summed E-state index contributed by atoms with van der Waals surface area (Å²) < 4.78 is 0. The molecule has 0 saturated carbocycles. The Morgan fingerprint density at radius 1 is 0.345 bits per heavy atom. The lowest BCUT2D eigenvalue weighted by atomic mass is 9.89. The Bertz CT molecular complexity index is 1330. The molecule has 0 radical (unpaired) electrons. The van der Waals surface area contributed by atoms with Gasteiger partial charge in [0.25, 0.3) is 0 Å². The second-order valence-electron chi connectivity index (χ2n) is 17.0. The van der Waals surface area contributed by atoms with Gasteiger partial charge in [0.2, 0.25) is 0 Å². The summed E-state index contributed by atoms with van der Waals surface area (Å²) >= 11 is 0. The van der Waals surface area contributed by atoms with E-state index in [0.29, 0.717) is 0 Å². The van der Waals surface area contributed by atoms with Gasteiger partial charge in [-0.3, -0.25) is 9.98 Å². The largest absolute Gasteiger partial charge is 0.252 e. The van der Waals surface area contributed by atoms with Crippen molar-refractivity contribution in [3.05, 3.63) is 57.6 Å². The van der Waals surface area contributed by atoms with Crippen LogP contribution < -0.4 is 0 Å². The van der Waals surface area contributed by atoms with Crippen LogP contribution in [0.5, 0.6) is 0 Å². The van der Waals surface area contributed by atoms with Crippen LogP contribution in [0.15, 0.2) is 34.3 Å². The molecular weight excluding hydrogens is 665 g/mol. The van der Waals surface area contributed by atoms with Crippen molar-refractivity contribution < 1.29 is 0 Å². The van der Waals surface area contributed by atoms with Crippen molar-refractivity contribution in [1.82, 2.24) is 0 Å². The van der Waals surface area contributed by atoms with Crippen molar-refractivity contribution >= 4 is 22.8 Å². The third-order valence-electron chi connectivity index (χ3n) is 11.9. The van der Waals surface area contributed by atoms with Gasteiger partial charge in [0.1, 0.15) is 0 Å². The molecule has 0 bridgehead atoms. The lowest BCUT2D eigenvalue weighted by Crippen LogP contribution is -2.09. The van der Waals surface area contributed by atoms with Gasteiger partial charge in [-0.1, -0.05) is 164 Å². The number of nitrogens with zero attached hydrogens (tertiary/aromatic N) is 2. The van der Waals surface area contributed by atoms with E-state index in [-0.39, 0.29) is 0 Å². The summed E-state index contributed by atoms with van der Waals surface area (Å²) in [5.74, 6) is 0. The fourth-order valence-corrected chi connectivity index (χ4v) is 8.43. The SMILES string of the molecule is CCCCCCCCc1cc(N=C(CC)C(C)=Nc2cc(CCCC)c(CCCCCCCC)c(CCCCCC)c2)cc(CCCC)c1CCCCCC. The highest BCUT2D eigenvalue weighted by atomic mass is 14.8. The summed E-state index contributed by atoms with van der Waals surface area (Å²) in [5, 5.41) is 0. The van der Waals surface area contributed by atoms with Crippen molar-refractivity contribution in [3.63, 3.8) is 0 Å². The van der Waals surface area contributed by atoms with Crippen LogP contribution in [-0.2, 0) is 38.5 Å². The molecule has 0 unspecified atom stereocenters. The summed E-state index contributed by atoms with van der Waals surface area (Å²) in [6, 6.07) is 9.88. The molecule has 0 amide bonds. The minimum Gasteiger partial charge on any atom is -0.252 e. The first kappa shape index (κ1) is 48.9. The number of rotatable bonds is 34. The normalized spacial score (nSPS) is 12.3. The zero-order chi connectivity index (χ0) is 39.9. The van der Waals surface area contributed by atoms with Gasteiger partial charge in [-0.05, 0) is 148 Å². The molecule has 0 aliphatic heterocycles. The van der Waals surface area contributed by atoms with E-state index in [1.54, 1.807) is 33.4 Å². The summed E-state index contributed by atoms with van der Waals surface area (Å²) in [7, 11) is 0. The average Bonchev–Trinajstić information content (AvgIpc) is 3.19. The van der Waals surface area contributed by atoms with Crippen LogP contribution >= 0.6 is 0 Å². The van der Waals surface area contributed by atoms with Crippen LogP contribution in [0.3, 0.4) is 0 Å². The van der Waals surface area contributed by atoms with Gasteiger partial charge >= 0.3 is 0 Å². The molecule has 2 aromatic rings. The first-order chi connectivity index (χ1) is 27.0. The smallest absolute Gasteiger partial charge is 0.0639 e. The molecule has 2 nitrogen and oxygen atoms in total. The molecule has 0 spiro atoms. The second kappa shape index (κ2) is 31.8. The van der Waals surface area contributed by atoms with Gasteiger partial charge in [-0.25, -0.2) is 0 Å². The molecule has 0 heterocycles. The van der Waals surface area contributed by atoms with E-state index >= 15 is 0 Å². The quantitative estimate of drug-likeness (QED) is 0.0502. The highest BCUT2D eigenvalue weighted by Gasteiger charge is 2.15. The fourth-order valence-electron chi connectivity index (χ4n) is 8.43. The Labute approximate surface area is 343 Å². The standard InChI is InChI=1S/C53H90N2/c1-9-16-22-26-28-31-37-48-43-50(42-46(35-21-14-6)51(48)38-32-25-19-12-4)55-53(15-7)44(8)54-49-40-45(34-20-13-5)52(39-33-29-27-23-17-10-2)47(41-49)36-30-24-18-11-3/h40-43H,9-39H2,1-8H3. The third-order valence-corrected chi connectivity index (χ3v) is 11.9. The lowest BCUT2D eigenvalue weighted by molar-refractivity contribution is 0.603. The van der Waals surface area contributed by atoms with Crippen LogP contribution in [0.2, 0.25) is 0 Å². The van der Waals surface area contributed by atoms with Crippen LogP contribution in [0, 0.1) is 0 Å². The highest BCUT2D eigenvalue weighted by molar-refractivity contribution is 6.42. The maximum atomic E-state index is 5.46. The zero-order valence-corrected chi connectivity index (χ0v) is 38.1. The summed E-state index contributed by atoms with van der Waals surface area (Å²) in [6.45, 7) is 18.4. The van der Waals surface area contributed by atoms with Crippen molar-refractivity contribution in [2.45, 2.75) is 254 Å². The van der Waals surface area contributed by atoms with Gasteiger partial charge < -0.3 is 0 Å². The molecule has 0 atom stereocenters. The molecular formula is C53H90N2. The topological polar surface area (TPSA) is 24.7 Å². The molecule has 0 aliphatic carbocycles. The van der Waals surface area contributed by atoms with Gasteiger partial charge in [-0.15, -0.1) is 0 Å². The Hall–Kier alpha value is -2.22. The summed E-state index contributed by atoms with van der Waals surface area (Å²) in [4.78, 5) is 10.9. The van der Waals surface area contributed by atoms with E-state index < -0.39 is 0 Å². The Morgan fingerprint density at radius 2 is 0.636 bits per heavy atom. The van der Waals surface area contributed by atoms with E-state index in [9.17, 15) is 0 Å². The molecule has 0 fully saturated rings. The van der Waals surface area contributed by atoms with Crippen molar-refractivity contribution in [3.8, 4) is 0 Å². The third kappa shape index (κ3) is 20.2. The Morgan fingerprint density at radius 3 is 1.00 bits per heavy atom. The maximum absolute atomic E-state index is 5.46. The van der Waals surface area contributed by atoms with Crippen molar-refractivity contribution in [2.24, 2.45) is 9.98 Å². The predicted molar refractivity (Wildman–Crippen MR) is 250 cm³/mol. The van der Waals surface area contributed by atoms with Crippen LogP contribution in [0.1, 0.15) is 249 Å². The Balaban J connectivity index is 2.54. The summed E-state index contributed by atoms with van der Waals surface area (Å²) in [6.07, 6.45) is 39.8. The molecule has 2 heteroatoms. The lowest BCUT2D eigenvalue weighted by Gasteiger charge is -2.18. The minimum absolute atomic E-state index is 0.897. The number of aliphatic imine (C=N–C) groups is 2. The van der Waals surface area contributed by atoms with Crippen LogP contribution in [0.25, 0.3) is 0 Å². The molecule has 0 saturated heterocycles. The van der Waals surface area contributed by atoms with E-state index in [1.165, 1.54) is 193 Å². The van der Waals surface area contributed by atoms with E-state index in [0.717, 1.165) is 29.2 Å². The van der Waals surface area contributed by atoms with Gasteiger partial charge in [0.15, 0.2) is 0 Å². The average molecular weight is 755 g/mol. The first-order valence-electron chi connectivity index (χ1n) is 24.4. The maximum Gasteiger partial charge on any atom is 0.0639 e. The number of aryl methyl sites for hydroxylation is 4. The molecule has 0 aliphatic rings. The molecule has 0 aromatic heterocycles. The second-order valence-corrected chi connectivity index (χ2v) is 17.0. The predicted octanol–water partition coefficient (Wildman–Crippen LogP) is 17.7. The van der Waals surface area contributed by atoms with E-state index in [4.69, 9.17) is 9.98 Å². The van der Waals surface area contributed by atoms with Crippen LogP contribution in [0.4, 0.5) is 11.4 Å². The van der Waals surface area contributed by atoms with E-state index in [1.807, 2.05) is 0 Å². The zero-order valence-electron chi connectivity index (χ0n) is 38.1. The van der Waals surface area contributed by atoms with Crippen molar-refractivity contribution in [1.29, 1.82) is 0 Å². The van der Waals surface area contributed by atoms with Gasteiger partial charge in [-0.2, -0.15) is 0 Å². The van der Waals surface area contributed by atoms with Crippen molar-refractivity contribution in [2.75, 3.05) is 0 Å². The Kier molecular flexibility index (Phi) is 28.3. The highest BCUT2D eigenvalue weighted by Crippen LogP contribution is 2.31. The fraction of sp³-hybridized carbons (Fsp3) is 0.736. The van der Waals surface area contributed by atoms with E-state index in [2.05, 4.69) is 79.7 Å². The van der Waals surface area contributed by atoms with Gasteiger partial charge in [0, 0.05) is 0 Å². The number of hydrogen-bond acceptors (Lipinski definition) is 2. The first-order valence-corrected chi connectivity index (χ1v) is 24.4. The van der Waals surface area contributed by atoms with Gasteiger partial charge in [0.05, 0.1) is 22.8 Å². The minimum atomic E-state index is 0.897.